The summed E-state index contributed by atoms with van der Waals surface area (Å²) in [7, 11) is 0. The molecule has 1 heterocycles. The summed E-state index contributed by atoms with van der Waals surface area (Å²) in [6.45, 7) is 6.07. The molecular formula is C11H18N2O3. The molecule has 0 saturated carbocycles. The van der Waals surface area contributed by atoms with Gasteiger partial charge in [-0.3, -0.25) is 9.59 Å². The van der Waals surface area contributed by atoms with Gasteiger partial charge in [0.15, 0.2) is 0 Å². The van der Waals surface area contributed by atoms with Crippen molar-refractivity contribution >= 4 is 11.8 Å². The zero-order valence-corrected chi connectivity index (χ0v) is 9.49. The van der Waals surface area contributed by atoms with Gasteiger partial charge in [0.1, 0.15) is 12.1 Å². The Morgan fingerprint density at radius 1 is 1.62 bits per heavy atom. The molecule has 1 aliphatic rings. The highest BCUT2D eigenvalue weighted by Crippen LogP contribution is 2.12. The van der Waals surface area contributed by atoms with E-state index in [2.05, 4.69) is 11.9 Å². The maximum Gasteiger partial charge on any atom is 0.249 e. The lowest BCUT2D eigenvalue weighted by Gasteiger charge is -2.17. The van der Waals surface area contributed by atoms with Crippen molar-refractivity contribution in [1.82, 2.24) is 5.32 Å². The van der Waals surface area contributed by atoms with Gasteiger partial charge in [-0.05, 0) is 26.2 Å². The van der Waals surface area contributed by atoms with Gasteiger partial charge in [-0.25, -0.2) is 0 Å². The first kappa shape index (κ1) is 12.7. The smallest absolute Gasteiger partial charge is 0.249 e. The van der Waals surface area contributed by atoms with Crippen LogP contribution in [0.25, 0.3) is 0 Å². The first-order valence-corrected chi connectivity index (χ1v) is 5.36. The van der Waals surface area contributed by atoms with E-state index in [9.17, 15) is 9.59 Å². The molecule has 3 N–H and O–H groups in total. The van der Waals surface area contributed by atoms with Gasteiger partial charge in [0.25, 0.3) is 0 Å². The molecule has 0 aromatic carbocycles. The highest BCUT2D eigenvalue weighted by molar-refractivity contribution is 5.88. The van der Waals surface area contributed by atoms with Gasteiger partial charge in [-0.15, -0.1) is 6.58 Å². The summed E-state index contributed by atoms with van der Waals surface area (Å²) >= 11 is 0. The molecule has 5 nitrogen and oxygen atoms in total. The second-order valence-electron chi connectivity index (χ2n) is 4.13. The molecule has 16 heavy (non-hydrogen) atoms. The van der Waals surface area contributed by atoms with Crippen LogP contribution in [-0.4, -0.2) is 30.6 Å². The number of rotatable bonds is 5. The number of nitrogens with one attached hydrogen (secondary N) is 1. The van der Waals surface area contributed by atoms with Crippen LogP contribution < -0.4 is 11.1 Å². The fourth-order valence-electron chi connectivity index (χ4n) is 1.62. The number of nitrogens with two attached hydrogens (primary N) is 1. The zero-order chi connectivity index (χ0) is 12.1. The van der Waals surface area contributed by atoms with Crippen molar-refractivity contribution in [3.05, 3.63) is 12.2 Å². The first-order valence-electron chi connectivity index (χ1n) is 5.36. The standard InChI is InChI=1S/C11H18N2O3/c1-7(2)6-8(10(12)14)13-11(15)9-4-3-5-16-9/h8-9H,1,3-6H2,2H3,(H2,12,14)(H,13,15)/t8-,9+/m0/s1. The topological polar surface area (TPSA) is 81.4 Å². The van der Waals surface area contributed by atoms with E-state index in [0.29, 0.717) is 19.4 Å². The van der Waals surface area contributed by atoms with Crippen LogP contribution in [0.4, 0.5) is 0 Å². The fourth-order valence-corrected chi connectivity index (χ4v) is 1.62. The number of carbonyl (C=O) groups is 2. The lowest BCUT2D eigenvalue weighted by atomic mass is 10.1. The number of primary amides is 1. The van der Waals surface area contributed by atoms with E-state index < -0.39 is 18.1 Å². The lowest BCUT2D eigenvalue weighted by Crippen LogP contribution is -2.48. The predicted molar refractivity (Wildman–Crippen MR) is 59.5 cm³/mol. The third kappa shape index (κ3) is 3.66. The molecule has 0 aliphatic carbocycles. The van der Waals surface area contributed by atoms with E-state index in [1.54, 1.807) is 6.92 Å². The Labute approximate surface area is 95.0 Å². The Morgan fingerprint density at radius 3 is 2.75 bits per heavy atom. The zero-order valence-electron chi connectivity index (χ0n) is 9.49. The summed E-state index contributed by atoms with van der Waals surface area (Å²) < 4.78 is 5.21. The lowest BCUT2D eigenvalue weighted by molar-refractivity contribution is -0.133. The highest BCUT2D eigenvalue weighted by Gasteiger charge is 2.27. The van der Waals surface area contributed by atoms with E-state index in [4.69, 9.17) is 10.5 Å². The van der Waals surface area contributed by atoms with E-state index >= 15 is 0 Å². The Kier molecular flexibility index (Phi) is 4.49. The number of ether oxygens (including phenoxy) is 1. The summed E-state index contributed by atoms with van der Waals surface area (Å²) in [6, 6.07) is -0.686. The molecule has 0 spiro atoms. The van der Waals surface area contributed by atoms with E-state index in [1.165, 1.54) is 0 Å². The molecule has 1 saturated heterocycles. The molecule has 90 valence electrons. The van der Waals surface area contributed by atoms with E-state index in [-0.39, 0.29) is 5.91 Å². The van der Waals surface area contributed by atoms with Gasteiger partial charge in [0.2, 0.25) is 11.8 Å². The molecule has 1 rings (SSSR count). The highest BCUT2D eigenvalue weighted by atomic mass is 16.5. The molecule has 1 fully saturated rings. The molecule has 2 atom stereocenters. The van der Waals surface area contributed by atoms with Crippen LogP contribution >= 0.6 is 0 Å². The molecule has 5 heteroatoms. The quantitative estimate of drug-likeness (QED) is 0.652. The summed E-state index contributed by atoms with van der Waals surface area (Å²) in [5.41, 5.74) is 6.00. The molecule has 0 bridgehead atoms. The maximum atomic E-state index is 11.7. The van der Waals surface area contributed by atoms with Gasteiger partial charge >= 0.3 is 0 Å². The van der Waals surface area contributed by atoms with Crippen LogP contribution in [0.15, 0.2) is 12.2 Å². The van der Waals surface area contributed by atoms with E-state index in [1.807, 2.05) is 0 Å². The van der Waals surface area contributed by atoms with Gasteiger partial charge < -0.3 is 15.8 Å². The Balaban J connectivity index is 2.50. The predicted octanol–water partition coefficient (Wildman–Crippen LogP) is 0.102. The van der Waals surface area contributed by atoms with Crippen molar-refractivity contribution in [2.75, 3.05) is 6.61 Å². The molecule has 2 amide bonds. The average Bonchev–Trinajstić information content (AvgIpc) is 2.68. The van der Waals surface area contributed by atoms with Gasteiger partial charge in [-0.1, -0.05) is 5.57 Å². The van der Waals surface area contributed by atoms with Gasteiger partial charge in [0.05, 0.1) is 0 Å². The largest absolute Gasteiger partial charge is 0.368 e. The summed E-state index contributed by atoms with van der Waals surface area (Å²) in [6.07, 6.45) is 1.50. The van der Waals surface area contributed by atoms with Crippen LogP contribution in [0.5, 0.6) is 0 Å². The van der Waals surface area contributed by atoms with Crippen molar-refractivity contribution in [3.8, 4) is 0 Å². The SMILES string of the molecule is C=C(C)C[C@H](NC(=O)[C@H]1CCCO1)C(N)=O. The van der Waals surface area contributed by atoms with Crippen molar-refractivity contribution in [3.63, 3.8) is 0 Å². The van der Waals surface area contributed by atoms with Crippen molar-refractivity contribution in [2.24, 2.45) is 5.73 Å². The second-order valence-corrected chi connectivity index (χ2v) is 4.13. The van der Waals surface area contributed by atoms with Crippen molar-refractivity contribution < 1.29 is 14.3 Å². The minimum atomic E-state index is -0.686. The van der Waals surface area contributed by atoms with Crippen LogP contribution in [0.3, 0.4) is 0 Å². The van der Waals surface area contributed by atoms with Crippen LogP contribution in [0.1, 0.15) is 26.2 Å². The molecule has 0 aromatic rings. The molecule has 1 aliphatic heterocycles. The molecule has 0 aromatic heterocycles. The molecule has 0 unspecified atom stereocenters. The maximum absolute atomic E-state index is 11.7. The number of amides is 2. The number of hydrogen-bond donors (Lipinski definition) is 2. The normalized spacial score (nSPS) is 21.4. The summed E-state index contributed by atoms with van der Waals surface area (Å²) in [5, 5.41) is 2.59. The van der Waals surface area contributed by atoms with Gasteiger partial charge in [-0.2, -0.15) is 0 Å². The van der Waals surface area contributed by atoms with Crippen LogP contribution in [-0.2, 0) is 14.3 Å². The third-order valence-corrected chi connectivity index (χ3v) is 2.43. The Bertz CT molecular complexity index is 296. The van der Waals surface area contributed by atoms with Crippen LogP contribution in [0.2, 0.25) is 0 Å². The van der Waals surface area contributed by atoms with E-state index in [0.717, 1.165) is 12.0 Å². The third-order valence-electron chi connectivity index (χ3n) is 2.43. The Morgan fingerprint density at radius 2 is 2.31 bits per heavy atom. The monoisotopic (exact) mass is 226 g/mol. The summed E-state index contributed by atoms with van der Waals surface area (Å²) in [5.74, 6) is -0.808. The minimum absolute atomic E-state index is 0.262. The number of carbonyl (C=O) groups excluding carboxylic acids is 2. The number of hydrogen-bond acceptors (Lipinski definition) is 3. The van der Waals surface area contributed by atoms with Gasteiger partial charge in [0, 0.05) is 6.61 Å². The van der Waals surface area contributed by atoms with Crippen molar-refractivity contribution in [1.29, 1.82) is 0 Å². The van der Waals surface area contributed by atoms with Crippen molar-refractivity contribution in [2.45, 2.75) is 38.3 Å². The fraction of sp³-hybridized carbons (Fsp3) is 0.636. The molecule has 0 radical (unpaired) electrons. The van der Waals surface area contributed by atoms with Crippen LogP contribution in [0, 0.1) is 0 Å². The Hall–Kier alpha value is -1.36. The minimum Gasteiger partial charge on any atom is -0.368 e. The first-order chi connectivity index (χ1) is 7.50. The average molecular weight is 226 g/mol. The second kappa shape index (κ2) is 5.65. The molecular weight excluding hydrogens is 208 g/mol. The summed E-state index contributed by atoms with van der Waals surface area (Å²) in [4.78, 5) is 22.8.